The van der Waals surface area contributed by atoms with E-state index in [-0.39, 0.29) is 11.9 Å². The van der Waals surface area contributed by atoms with E-state index in [1.165, 1.54) is 16.6 Å². The van der Waals surface area contributed by atoms with E-state index in [0.29, 0.717) is 11.4 Å². The van der Waals surface area contributed by atoms with Gasteiger partial charge in [0.15, 0.2) is 5.82 Å². The fourth-order valence-corrected chi connectivity index (χ4v) is 2.81. The van der Waals surface area contributed by atoms with Crippen molar-refractivity contribution in [3.05, 3.63) is 58.9 Å². The number of thiophene rings is 1. The molecule has 22 heavy (non-hydrogen) atoms. The zero-order valence-corrected chi connectivity index (χ0v) is 12.8. The molecule has 0 spiro atoms. The quantitative estimate of drug-likeness (QED) is 0.783. The van der Waals surface area contributed by atoms with Gasteiger partial charge in [-0.2, -0.15) is 16.4 Å². The number of carbonyl (C=O) groups is 1. The molecule has 1 amide bonds. The normalized spacial score (nSPS) is 12.0. The third-order valence-corrected chi connectivity index (χ3v) is 3.89. The summed E-state index contributed by atoms with van der Waals surface area (Å²) in [5, 5.41) is 11.1. The molecule has 0 aliphatic rings. The summed E-state index contributed by atoms with van der Waals surface area (Å²) in [4.78, 5) is 20.4. The summed E-state index contributed by atoms with van der Waals surface area (Å²) in [6.07, 6.45) is 5.38. The maximum Gasteiger partial charge on any atom is 0.251 e. The lowest BCUT2D eigenvalue weighted by Gasteiger charge is -2.13. The summed E-state index contributed by atoms with van der Waals surface area (Å²) in [6.45, 7) is 2.00. The van der Waals surface area contributed by atoms with E-state index >= 15 is 0 Å². The van der Waals surface area contributed by atoms with Crippen LogP contribution in [-0.2, 0) is 6.42 Å². The second-order valence-electron chi connectivity index (χ2n) is 4.95. The molecule has 0 aromatic carbocycles. The highest BCUT2D eigenvalue weighted by molar-refractivity contribution is 7.07. The average Bonchev–Trinajstić information content (AvgIpc) is 3.20. The van der Waals surface area contributed by atoms with Gasteiger partial charge in [0, 0.05) is 17.8 Å². The lowest BCUT2D eigenvalue weighted by Crippen LogP contribution is -2.34. The summed E-state index contributed by atoms with van der Waals surface area (Å²) in [5.74, 6) is 0.446. The van der Waals surface area contributed by atoms with E-state index < -0.39 is 0 Å². The van der Waals surface area contributed by atoms with E-state index in [2.05, 4.69) is 31.8 Å². The summed E-state index contributed by atoms with van der Waals surface area (Å²) < 4.78 is 1.52. The number of nitrogens with one attached hydrogen (secondary N) is 1. The van der Waals surface area contributed by atoms with Crippen molar-refractivity contribution in [3.8, 4) is 5.82 Å². The number of carbonyl (C=O) groups excluding carboxylic acids is 1. The van der Waals surface area contributed by atoms with E-state index in [0.717, 1.165) is 6.42 Å². The van der Waals surface area contributed by atoms with Gasteiger partial charge >= 0.3 is 0 Å². The molecular weight excluding hydrogens is 298 g/mol. The third-order valence-electron chi connectivity index (χ3n) is 3.16. The van der Waals surface area contributed by atoms with Crippen LogP contribution in [0.2, 0.25) is 0 Å². The minimum absolute atomic E-state index is 0.0603. The van der Waals surface area contributed by atoms with Crippen LogP contribution in [0.5, 0.6) is 0 Å². The monoisotopic (exact) mass is 313 g/mol. The molecule has 0 saturated carbocycles. The molecular formula is C15H15N5OS. The summed E-state index contributed by atoms with van der Waals surface area (Å²) in [7, 11) is 0. The number of hydrogen-bond donors (Lipinski definition) is 1. The fourth-order valence-electron chi connectivity index (χ4n) is 2.13. The fraction of sp³-hybridized carbons (Fsp3) is 0.200. The highest BCUT2D eigenvalue weighted by Crippen LogP contribution is 2.10. The topological polar surface area (TPSA) is 72.7 Å². The molecule has 0 fully saturated rings. The molecule has 3 rings (SSSR count). The third kappa shape index (κ3) is 3.37. The van der Waals surface area contributed by atoms with Crippen LogP contribution in [0, 0.1) is 0 Å². The molecule has 6 nitrogen and oxygen atoms in total. The Hall–Kier alpha value is -2.54. The maximum absolute atomic E-state index is 12.3. The lowest BCUT2D eigenvalue weighted by molar-refractivity contribution is 0.0940. The van der Waals surface area contributed by atoms with Gasteiger partial charge in [-0.1, -0.05) is 0 Å². The minimum atomic E-state index is -0.119. The van der Waals surface area contributed by atoms with Gasteiger partial charge in [0.05, 0.1) is 0 Å². The van der Waals surface area contributed by atoms with Crippen LogP contribution in [0.25, 0.3) is 5.82 Å². The lowest BCUT2D eigenvalue weighted by atomic mass is 10.1. The van der Waals surface area contributed by atoms with Crippen molar-refractivity contribution < 1.29 is 4.79 Å². The van der Waals surface area contributed by atoms with Crippen molar-refractivity contribution >= 4 is 17.2 Å². The van der Waals surface area contributed by atoms with E-state index in [1.807, 2.05) is 12.3 Å². The Bertz CT molecular complexity index is 739. The molecule has 1 atom stereocenters. The Labute approximate surface area is 131 Å². The molecule has 3 heterocycles. The van der Waals surface area contributed by atoms with Crippen LogP contribution >= 0.6 is 11.3 Å². The van der Waals surface area contributed by atoms with Gasteiger partial charge < -0.3 is 5.32 Å². The predicted octanol–water partition coefficient (Wildman–Crippen LogP) is 2.08. The van der Waals surface area contributed by atoms with Gasteiger partial charge in [-0.15, -0.1) is 0 Å². The standard InChI is InChI=1S/C15H15N5OS/c1-11(6-12-3-5-22-8-12)19-15(21)13-2-4-17-14(7-13)20-10-16-9-18-20/h2-5,7-11H,6H2,1H3,(H,19,21). The zero-order chi connectivity index (χ0) is 15.4. The molecule has 0 aliphatic heterocycles. The largest absolute Gasteiger partial charge is 0.349 e. The van der Waals surface area contributed by atoms with Gasteiger partial charge in [0.2, 0.25) is 0 Å². The molecule has 0 saturated heterocycles. The maximum atomic E-state index is 12.3. The van der Waals surface area contributed by atoms with Gasteiger partial charge in [-0.05, 0) is 47.9 Å². The Morgan fingerprint density at radius 1 is 1.45 bits per heavy atom. The first-order chi connectivity index (χ1) is 10.7. The molecule has 0 radical (unpaired) electrons. The average molecular weight is 313 g/mol. The van der Waals surface area contributed by atoms with Crippen LogP contribution in [0.3, 0.4) is 0 Å². The molecule has 112 valence electrons. The summed E-state index contributed by atoms with van der Waals surface area (Å²) in [5.41, 5.74) is 1.79. The summed E-state index contributed by atoms with van der Waals surface area (Å²) in [6, 6.07) is 5.52. The molecule has 0 bridgehead atoms. The van der Waals surface area contributed by atoms with Crippen LogP contribution in [0.1, 0.15) is 22.8 Å². The van der Waals surface area contributed by atoms with Crippen LogP contribution in [0.4, 0.5) is 0 Å². The van der Waals surface area contributed by atoms with Crippen LogP contribution in [0.15, 0.2) is 47.8 Å². The van der Waals surface area contributed by atoms with Gasteiger partial charge in [-0.25, -0.2) is 14.6 Å². The number of nitrogens with zero attached hydrogens (tertiary/aromatic N) is 4. The molecule has 1 unspecified atom stereocenters. The number of aromatic nitrogens is 4. The first-order valence-corrected chi connectivity index (χ1v) is 7.79. The molecule has 3 aromatic rings. The predicted molar refractivity (Wildman–Crippen MR) is 84.1 cm³/mol. The second kappa shape index (κ2) is 6.48. The van der Waals surface area contributed by atoms with Crippen molar-refractivity contribution in [3.63, 3.8) is 0 Å². The molecule has 7 heteroatoms. The van der Waals surface area contributed by atoms with E-state index in [9.17, 15) is 4.79 Å². The smallest absolute Gasteiger partial charge is 0.251 e. The Balaban J connectivity index is 1.68. The van der Waals surface area contributed by atoms with Gasteiger partial charge in [0.1, 0.15) is 12.7 Å². The Kier molecular flexibility index (Phi) is 4.24. The van der Waals surface area contributed by atoms with Crippen molar-refractivity contribution in [1.82, 2.24) is 25.1 Å². The molecule has 3 aromatic heterocycles. The van der Waals surface area contributed by atoms with Crippen molar-refractivity contribution in [2.24, 2.45) is 0 Å². The number of hydrogen-bond acceptors (Lipinski definition) is 5. The van der Waals surface area contributed by atoms with Gasteiger partial charge in [-0.3, -0.25) is 4.79 Å². The first kappa shape index (κ1) is 14.4. The van der Waals surface area contributed by atoms with Crippen LogP contribution in [-0.4, -0.2) is 31.7 Å². The van der Waals surface area contributed by atoms with Gasteiger partial charge in [0.25, 0.3) is 5.91 Å². The van der Waals surface area contributed by atoms with E-state index in [4.69, 9.17) is 0 Å². The Morgan fingerprint density at radius 3 is 3.09 bits per heavy atom. The number of pyridine rings is 1. The molecule has 1 N–H and O–H groups in total. The highest BCUT2D eigenvalue weighted by Gasteiger charge is 2.12. The SMILES string of the molecule is CC(Cc1ccsc1)NC(=O)c1ccnc(-n2cncn2)c1. The number of amides is 1. The number of rotatable bonds is 5. The van der Waals surface area contributed by atoms with Crippen molar-refractivity contribution in [1.29, 1.82) is 0 Å². The second-order valence-corrected chi connectivity index (χ2v) is 5.73. The summed E-state index contributed by atoms with van der Waals surface area (Å²) >= 11 is 1.66. The van der Waals surface area contributed by atoms with E-state index in [1.54, 1.807) is 36.0 Å². The zero-order valence-electron chi connectivity index (χ0n) is 12.0. The van der Waals surface area contributed by atoms with Crippen molar-refractivity contribution in [2.45, 2.75) is 19.4 Å². The minimum Gasteiger partial charge on any atom is -0.349 e. The molecule has 0 aliphatic carbocycles. The highest BCUT2D eigenvalue weighted by atomic mass is 32.1. The van der Waals surface area contributed by atoms with Crippen LogP contribution < -0.4 is 5.32 Å². The Morgan fingerprint density at radius 2 is 2.36 bits per heavy atom. The van der Waals surface area contributed by atoms with Crippen molar-refractivity contribution in [2.75, 3.05) is 0 Å². The first-order valence-electron chi connectivity index (χ1n) is 6.85.